The van der Waals surface area contributed by atoms with Gasteiger partial charge in [0.2, 0.25) is 0 Å². The van der Waals surface area contributed by atoms with Gasteiger partial charge < -0.3 is 4.74 Å². The first kappa shape index (κ1) is 14.7. The maximum Gasteiger partial charge on any atom is 0.416 e. The molecule has 0 saturated heterocycles. The van der Waals surface area contributed by atoms with E-state index in [1.807, 2.05) is 0 Å². The van der Waals surface area contributed by atoms with Crippen LogP contribution in [0.1, 0.15) is 24.5 Å². The van der Waals surface area contributed by atoms with Gasteiger partial charge in [-0.3, -0.25) is 4.79 Å². The highest BCUT2D eigenvalue weighted by molar-refractivity contribution is 5.85. The van der Waals surface area contributed by atoms with E-state index in [-0.39, 0.29) is 12.2 Å². The van der Waals surface area contributed by atoms with Crippen LogP contribution in [0.3, 0.4) is 0 Å². The van der Waals surface area contributed by atoms with Crippen molar-refractivity contribution >= 4 is 5.78 Å². The minimum absolute atomic E-state index is 0.0454. The third-order valence-electron chi connectivity index (χ3n) is 2.65. The summed E-state index contributed by atoms with van der Waals surface area (Å²) in [4.78, 5) is 11.7. The first-order valence-electron chi connectivity index (χ1n) is 5.60. The molecule has 0 radical (unpaired) electrons. The second kappa shape index (κ2) is 6.00. The zero-order valence-corrected chi connectivity index (χ0v) is 10.3. The standard InChI is InChI=1S/C13H15F3O2/c1-3-12(18-2)11(17)8-9-5-4-6-10(7-9)13(14,15)16/h4-7,12H,3,8H2,1-2H3. The van der Waals surface area contributed by atoms with E-state index in [0.29, 0.717) is 12.0 Å². The number of carbonyl (C=O) groups is 1. The maximum absolute atomic E-state index is 12.5. The molecular weight excluding hydrogens is 245 g/mol. The Morgan fingerprint density at radius 1 is 1.39 bits per heavy atom. The predicted octanol–water partition coefficient (Wildman–Crippen LogP) is 3.24. The fourth-order valence-corrected chi connectivity index (χ4v) is 1.70. The molecule has 1 rings (SSSR count). The summed E-state index contributed by atoms with van der Waals surface area (Å²) in [5, 5.41) is 0. The normalized spacial score (nSPS) is 13.4. The molecule has 1 aromatic rings. The van der Waals surface area contributed by atoms with Crippen LogP contribution in [0.5, 0.6) is 0 Å². The highest BCUT2D eigenvalue weighted by atomic mass is 19.4. The summed E-state index contributed by atoms with van der Waals surface area (Å²) >= 11 is 0. The van der Waals surface area contributed by atoms with Crippen LogP contribution in [0.4, 0.5) is 13.2 Å². The Kier molecular flexibility index (Phi) is 4.90. The van der Waals surface area contributed by atoms with E-state index in [1.54, 1.807) is 6.92 Å². The zero-order valence-electron chi connectivity index (χ0n) is 10.3. The number of alkyl halides is 3. The van der Waals surface area contributed by atoms with Crippen molar-refractivity contribution in [2.45, 2.75) is 32.0 Å². The van der Waals surface area contributed by atoms with Gasteiger partial charge in [-0.15, -0.1) is 0 Å². The average molecular weight is 260 g/mol. The van der Waals surface area contributed by atoms with Crippen LogP contribution in [0.25, 0.3) is 0 Å². The van der Waals surface area contributed by atoms with E-state index in [4.69, 9.17) is 4.74 Å². The Bertz CT molecular complexity index is 409. The lowest BCUT2D eigenvalue weighted by atomic mass is 10.0. The third-order valence-corrected chi connectivity index (χ3v) is 2.65. The molecule has 18 heavy (non-hydrogen) atoms. The number of hydrogen-bond acceptors (Lipinski definition) is 2. The van der Waals surface area contributed by atoms with E-state index in [2.05, 4.69) is 0 Å². The topological polar surface area (TPSA) is 26.3 Å². The molecule has 100 valence electrons. The monoisotopic (exact) mass is 260 g/mol. The maximum atomic E-state index is 12.5. The largest absolute Gasteiger partial charge is 0.416 e. The SMILES string of the molecule is CCC(OC)C(=O)Cc1cccc(C(F)(F)F)c1. The first-order chi connectivity index (χ1) is 8.38. The molecule has 0 aliphatic carbocycles. The number of Topliss-reactive ketones (excluding diaryl/α,β-unsaturated/α-hetero) is 1. The molecule has 2 nitrogen and oxygen atoms in total. The summed E-state index contributed by atoms with van der Waals surface area (Å²) < 4.78 is 42.4. The number of benzene rings is 1. The summed E-state index contributed by atoms with van der Waals surface area (Å²) in [6.07, 6.45) is -4.48. The lowest BCUT2D eigenvalue weighted by Crippen LogP contribution is -2.23. The van der Waals surface area contributed by atoms with Crippen LogP contribution in [0.2, 0.25) is 0 Å². The summed E-state index contributed by atoms with van der Waals surface area (Å²) in [5.41, 5.74) is -0.386. The van der Waals surface area contributed by atoms with Crippen molar-refractivity contribution in [3.8, 4) is 0 Å². The molecule has 0 aliphatic rings. The number of carbonyl (C=O) groups excluding carboxylic acids is 1. The van der Waals surface area contributed by atoms with Crippen molar-refractivity contribution in [3.05, 3.63) is 35.4 Å². The number of ether oxygens (including phenoxy) is 1. The fourth-order valence-electron chi connectivity index (χ4n) is 1.70. The van der Waals surface area contributed by atoms with Gasteiger partial charge in [-0.25, -0.2) is 0 Å². The fraction of sp³-hybridized carbons (Fsp3) is 0.462. The molecule has 1 atom stereocenters. The van der Waals surface area contributed by atoms with Gasteiger partial charge in [0.25, 0.3) is 0 Å². The molecule has 0 bridgehead atoms. The number of methoxy groups -OCH3 is 1. The minimum atomic E-state index is -4.38. The van der Waals surface area contributed by atoms with Crippen molar-refractivity contribution in [2.24, 2.45) is 0 Å². The van der Waals surface area contributed by atoms with Gasteiger partial charge in [0, 0.05) is 13.5 Å². The zero-order chi connectivity index (χ0) is 13.8. The highest BCUT2D eigenvalue weighted by Gasteiger charge is 2.30. The molecule has 5 heteroatoms. The predicted molar refractivity (Wildman–Crippen MR) is 61.2 cm³/mol. The molecule has 0 saturated carbocycles. The van der Waals surface area contributed by atoms with Crippen LogP contribution >= 0.6 is 0 Å². The first-order valence-corrected chi connectivity index (χ1v) is 5.60. The van der Waals surface area contributed by atoms with Gasteiger partial charge in [0.05, 0.1) is 5.56 Å². The lowest BCUT2D eigenvalue weighted by Gasteiger charge is -2.12. The molecule has 0 heterocycles. The van der Waals surface area contributed by atoms with Crippen molar-refractivity contribution in [1.29, 1.82) is 0 Å². The van der Waals surface area contributed by atoms with Gasteiger partial charge in [0.15, 0.2) is 5.78 Å². The molecule has 1 aromatic carbocycles. The van der Waals surface area contributed by atoms with Gasteiger partial charge in [-0.2, -0.15) is 13.2 Å². The summed E-state index contributed by atoms with van der Waals surface area (Å²) in [7, 11) is 1.41. The summed E-state index contributed by atoms with van der Waals surface area (Å²) in [6.45, 7) is 1.79. The number of hydrogen-bond donors (Lipinski definition) is 0. The smallest absolute Gasteiger partial charge is 0.374 e. The van der Waals surface area contributed by atoms with Crippen LogP contribution in [0, 0.1) is 0 Å². The molecule has 0 aliphatic heterocycles. The van der Waals surface area contributed by atoms with E-state index >= 15 is 0 Å². The molecule has 1 unspecified atom stereocenters. The van der Waals surface area contributed by atoms with Gasteiger partial charge in [-0.1, -0.05) is 25.1 Å². The molecule has 0 amide bonds. The van der Waals surface area contributed by atoms with Crippen LogP contribution < -0.4 is 0 Å². The minimum Gasteiger partial charge on any atom is -0.374 e. The summed E-state index contributed by atoms with van der Waals surface area (Å²) in [6, 6.07) is 4.80. The van der Waals surface area contributed by atoms with E-state index < -0.39 is 17.8 Å². The van der Waals surface area contributed by atoms with Crippen molar-refractivity contribution < 1.29 is 22.7 Å². The Hall–Kier alpha value is -1.36. The Balaban J connectivity index is 2.83. The Labute approximate surface area is 104 Å². The number of ketones is 1. The second-order valence-electron chi connectivity index (χ2n) is 3.97. The number of rotatable bonds is 5. The van der Waals surface area contributed by atoms with Gasteiger partial charge >= 0.3 is 6.18 Å². The van der Waals surface area contributed by atoms with Crippen LogP contribution in [0.15, 0.2) is 24.3 Å². The van der Waals surface area contributed by atoms with E-state index in [0.717, 1.165) is 12.1 Å². The second-order valence-corrected chi connectivity index (χ2v) is 3.97. The van der Waals surface area contributed by atoms with Crippen molar-refractivity contribution in [3.63, 3.8) is 0 Å². The molecule has 0 aromatic heterocycles. The van der Waals surface area contributed by atoms with Crippen molar-refractivity contribution in [1.82, 2.24) is 0 Å². The average Bonchev–Trinajstić information content (AvgIpc) is 2.29. The molecule has 0 spiro atoms. The highest BCUT2D eigenvalue weighted by Crippen LogP contribution is 2.29. The van der Waals surface area contributed by atoms with Gasteiger partial charge in [-0.05, 0) is 18.1 Å². The lowest BCUT2D eigenvalue weighted by molar-refractivity contribution is -0.137. The van der Waals surface area contributed by atoms with E-state index in [1.165, 1.54) is 19.2 Å². The Morgan fingerprint density at radius 2 is 2.06 bits per heavy atom. The van der Waals surface area contributed by atoms with Crippen LogP contribution in [-0.4, -0.2) is 19.0 Å². The molecule has 0 fully saturated rings. The quantitative estimate of drug-likeness (QED) is 0.812. The third kappa shape index (κ3) is 3.84. The molecular formula is C13H15F3O2. The number of halogens is 3. The van der Waals surface area contributed by atoms with E-state index in [9.17, 15) is 18.0 Å². The van der Waals surface area contributed by atoms with Crippen LogP contribution in [-0.2, 0) is 22.1 Å². The van der Waals surface area contributed by atoms with Crippen molar-refractivity contribution in [2.75, 3.05) is 7.11 Å². The summed E-state index contributed by atoms with van der Waals surface area (Å²) in [5.74, 6) is -0.209. The Morgan fingerprint density at radius 3 is 2.56 bits per heavy atom. The van der Waals surface area contributed by atoms with Gasteiger partial charge in [0.1, 0.15) is 6.10 Å². The molecule has 0 N–H and O–H groups in total.